The van der Waals surface area contributed by atoms with Crippen LogP contribution in [0.25, 0.3) is 49.3 Å². The third kappa shape index (κ3) is 14.5. The van der Waals surface area contributed by atoms with Gasteiger partial charge >= 0.3 is 11.9 Å². The van der Waals surface area contributed by atoms with Gasteiger partial charge in [0.25, 0.3) is 23.6 Å². The molecule has 11 N–H and O–H groups in total. The Labute approximate surface area is 593 Å². The van der Waals surface area contributed by atoms with Gasteiger partial charge in [-0.1, -0.05) is 12.1 Å². The maximum absolute atomic E-state index is 15.2. The lowest BCUT2D eigenvalue weighted by molar-refractivity contribution is -0.280. The van der Waals surface area contributed by atoms with Gasteiger partial charge in [-0.15, -0.1) is 56.7 Å². The van der Waals surface area contributed by atoms with E-state index in [0.29, 0.717) is 10.3 Å². The van der Waals surface area contributed by atoms with Crippen LogP contribution in [-0.4, -0.2) is 215 Å². The highest BCUT2D eigenvalue weighted by atomic mass is 32.1. The first-order valence-corrected chi connectivity index (χ1v) is 35.4. The van der Waals surface area contributed by atoms with Crippen molar-refractivity contribution in [2.24, 2.45) is 5.73 Å². The highest BCUT2D eigenvalue weighted by molar-refractivity contribution is 7.14. The number of fused-ring (bicyclic) bond motifs is 15. The second kappa shape index (κ2) is 29.0. The van der Waals surface area contributed by atoms with Gasteiger partial charge in [-0.3, -0.25) is 28.8 Å². The lowest BCUT2D eigenvalue weighted by Gasteiger charge is -2.48. The van der Waals surface area contributed by atoms with Crippen LogP contribution in [0.5, 0.6) is 5.75 Å². The Balaban J connectivity index is 1.03. The van der Waals surface area contributed by atoms with Crippen molar-refractivity contribution >= 4 is 121 Å². The summed E-state index contributed by atoms with van der Waals surface area (Å²) in [5, 5.41) is 68.0. The molecular formula is C63H67N15O18S5. The van der Waals surface area contributed by atoms with Crippen LogP contribution in [0.4, 0.5) is 0 Å². The molecule has 38 heteroatoms. The number of aliphatic hydroxyl groups excluding tert-OH is 1. The van der Waals surface area contributed by atoms with E-state index in [1.54, 1.807) is 64.0 Å². The summed E-state index contributed by atoms with van der Waals surface area (Å²) in [6.45, 7) is 4.32. The minimum Gasteiger partial charge on any atom is -0.506 e. The number of thiazole rings is 5. The van der Waals surface area contributed by atoms with Gasteiger partial charge in [0.1, 0.15) is 126 Å². The Hall–Kier alpha value is -9.32. The molecule has 1 saturated heterocycles. The number of benzene rings is 1. The zero-order valence-corrected chi connectivity index (χ0v) is 59.2. The van der Waals surface area contributed by atoms with E-state index in [4.69, 9.17) is 49.1 Å². The number of carbonyl (C=O) groups excluding carboxylic acids is 8. The number of aromatic hydroxyl groups is 1. The van der Waals surface area contributed by atoms with E-state index in [9.17, 15) is 39.7 Å². The van der Waals surface area contributed by atoms with Crippen LogP contribution in [-0.2, 0) is 56.0 Å². The number of hydrogen-bond acceptors (Lipinski definition) is 31. The summed E-state index contributed by atoms with van der Waals surface area (Å²) in [5.41, 5.74) is 2.87. The maximum Gasteiger partial charge on any atom is 0.358 e. The van der Waals surface area contributed by atoms with Crippen molar-refractivity contribution in [1.29, 1.82) is 0 Å². The smallest absolute Gasteiger partial charge is 0.358 e. The van der Waals surface area contributed by atoms with E-state index in [1.165, 1.54) is 60.0 Å². The van der Waals surface area contributed by atoms with Crippen LogP contribution in [0.3, 0.4) is 0 Å². The number of carbonyl (C=O) groups is 8. The molecule has 0 saturated carbocycles. The molecule has 0 spiro atoms. The number of likely N-dealkylation sites (N-methyl/N-ethyl adjacent to an activating group) is 2. The van der Waals surface area contributed by atoms with Gasteiger partial charge < -0.3 is 91.1 Å². The van der Waals surface area contributed by atoms with Crippen molar-refractivity contribution in [1.82, 2.24) is 71.0 Å². The number of hydrogen-bond donors (Lipinski definition) is 10. The summed E-state index contributed by atoms with van der Waals surface area (Å²) in [4.78, 5) is 147. The molecule has 0 aliphatic carbocycles. The fraction of sp³-hybridized carbons (Fsp3) is 0.397. The highest BCUT2D eigenvalue weighted by Gasteiger charge is 2.50. The molecule has 11 heterocycles. The highest BCUT2D eigenvalue weighted by Crippen LogP contribution is 2.43. The number of nitrogens with zero attached hydrogens (tertiary/aromatic N) is 9. The molecular weight excluding hydrogens is 1420 g/mol. The number of esters is 2. The van der Waals surface area contributed by atoms with Gasteiger partial charge in [0.15, 0.2) is 18.1 Å². The summed E-state index contributed by atoms with van der Waals surface area (Å²) in [5.74, 6) is -7.94. The molecule has 4 aliphatic heterocycles. The number of rotatable bonds is 11. The van der Waals surface area contributed by atoms with Gasteiger partial charge in [0.2, 0.25) is 11.8 Å². The molecule has 1 aromatic carbocycles. The van der Waals surface area contributed by atoms with Crippen molar-refractivity contribution < 1.29 is 87.3 Å². The molecule has 11 atom stereocenters. The van der Waals surface area contributed by atoms with E-state index in [1.807, 2.05) is 0 Å². The van der Waals surface area contributed by atoms with Crippen LogP contribution < -0.4 is 32.3 Å². The zero-order chi connectivity index (χ0) is 72.2. The minimum atomic E-state index is -1.92. The second-order valence-electron chi connectivity index (χ2n) is 24.7. The minimum absolute atomic E-state index is 0.0120. The molecule has 7 aromatic heterocycles. The molecule has 4 aliphatic rings. The number of amides is 6. The summed E-state index contributed by atoms with van der Waals surface area (Å²) >= 11 is 4.52. The average molecular weight is 1480 g/mol. The van der Waals surface area contributed by atoms with Gasteiger partial charge in [-0.2, -0.15) is 4.73 Å². The summed E-state index contributed by atoms with van der Waals surface area (Å²) in [6.07, 6.45) is -7.56. The van der Waals surface area contributed by atoms with Gasteiger partial charge in [-0.25, -0.2) is 39.5 Å². The lowest BCUT2D eigenvalue weighted by Crippen LogP contribution is -2.62. The van der Waals surface area contributed by atoms with Crippen LogP contribution in [0, 0.1) is 0 Å². The number of cyclic esters (lactones) is 2. The number of methoxy groups -OCH3 is 1. The fourth-order valence-electron chi connectivity index (χ4n) is 12.3. The monoisotopic (exact) mass is 1480 g/mol. The molecule has 12 rings (SSSR count). The Morgan fingerprint density at radius 2 is 1.50 bits per heavy atom. The normalized spacial score (nSPS) is 24.1. The number of nitrogens with one attached hydrogen (secondary N) is 5. The van der Waals surface area contributed by atoms with E-state index in [0.717, 1.165) is 56.7 Å². The first-order valence-electron chi connectivity index (χ1n) is 31.0. The average Bonchev–Trinajstić information content (AvgIpc) is 1.64. The molecule has 532 valence electrons. The predicted octanol–water partition coefficient (Wildman–Crippen LogP) is 3.31. The van der Waals surface area contributed by atoms with E-state index < -0.39 is 145 Å². The summed E-state index contributed by atoms with van der Waals surface area (Å²) in [6, 6.07) is -0.440. The third-order valence-corrected chi connectivity index (χ3v) is 21.4. The number of aromatic nitrogens is 7. The topological polar surface area (TPSA) is 448 Å². The first-order chi connectivity index (χ1) is 48.1. The molecule has 6 amide bonds. The molecule has 33 nitrogen and oxygen atoms in total. The molecule has 101 heavy (non-hydrogen) atoms. The fourth-order valence-corrected chi connectivity index (χ4v) is 16.5. The number of primary amides is 1. The van der Waals surface area contributed by atoms with Crippen molar-refractivity contribution in [3.63, 3.8) is 0 Å². The van der Waals surface area contributed by atoms with Crippen LogP contribution in [0.1, 0.15) is 125 Å². The predicted molar refractivity (Wildman–Crippen MR) is 363 cm³/mol. The van der Waals surface area contributed by atoms with Crippen molar-refractivity contribution in [2.45, 2.75) is 114 Å². The van der Waals surface area contributed by atoms with Gasteiger partial charge in [0.05, 0.1) is 43.1 Å². The molecule has 7 unspecified atom stereocenters. The van der Waals surface area contributed by atoms with Crippen LogP contribution in [0.2, 0.25) is 0 Å². The Bertz CT molecular complexity index is 4630. The maximum atomic E-state index is 15.2. The molecule has 12 bridgehead atoms. The molecule has 8 aromatic rings. The van der Waals surface area contributed by atoms with E-state index in [-0.39, 0.29) is 111 Å². The Morgan fingerprint density at radius 1 is 0.842 bits per heavy atom. The first kappa shape index (κ1) is 71.5. The van der Waals surface area contributed by atoms with Crippen LogP contribution >= 0.6 is 56.7 Å². The standard InChI is InChI=1S/C63H67N15O18S5/c1-24(79)41-55(86)74-42(25(2)91-9)58-69-36(23-99-58)54(85)75-45-47-48(96-39-14-63(4,89)49(77(7)8)26(3)95-39)62(88)93-16-27-11-10-12-37-40(27)29(17-92-47)46(78(37)90)61(87)94-18-31(66-52(83)34-22-101-60(45)71-34)57-67-32(19-98-57)43-28(56-68-35(20-97-56)53(84)73-41)13-38(80)44(72-43)59-70-33(21-100-59)51(82)65-30(50(64)81)15-76(5)6/h10-13,19-24,26,30-31,39,41,45,47-49,79-80,89-90H,14-18H2,1-9H3,(H2,64,81)(H,65,82)(H,66,83)(H,73,84)(H,74,86)(H,75,85)/b42-25+/t24?,26-,30?,31?,39-,41?,45?,47?,48?,49+,63-/m0/s1. The largest absolute Gasteiger partial charge is 0.506 e. The van der Waals surface area contributed by atoms with Crippen molar-refractivity contribution in [3.8, 4) is 38.4 Å². The van der Waals surface area contributed by atoms with E-state index in [2.05, 4.69) is 41.5 Å². The zero-order valence-electron chi connectivity index (χ0n) is 55.2. The van der Waals surface area contributed by atoms with Crippen molar-refractivity contribution in [2.75, 3.05) is 48.5 Å². The van der Waals surface area contributed by atoms with Gasteiger partial charge in [-0.05, 0) is 73.6 Å². The Kier molecular flexibility index (Phi) is 20.5. The molecule has 1 fully saturated rings. The number of pyridine rings is 1. The van der Waals surface area contributed by atoms with Crippen LogP contribution in [0.15, 0.2) is 56.9 Å². The summed E-state index contributed by atoms with van der Waals surface area (Å²) < 4.78 is 38.3. The number of nitrogens with two attached hydrogens (primary N) is 1. The quantitative estimate of drug-likeness (QED) is 0.0504. The number of aliphatic hydroxyl groups is 2. The third-order valence-electron chi connectivity index (χ3n) is 17.0. The number of allylic oxidation sites excluding steroid dienone is 1. The van der Waals surface area contributed by atoms with Gasteiger partial charge in [0, 0.05) is 56.4 Å². The van der Waals surface area contributed by atoms with E-state index >= 15 is 19.2 Å². The second-order valence-corrected chi connectivity index (χ2v) is 29.1. The summed E-state index contributed by atoms with van der Waals surface area (Å²) in [7, 11) is 8.22. The number of ether oxygens (including phenoxy) is 6. The SMILES string of the molecule is CO/C(C)=C1/NC(=O)C(C(C)O)NC(=O)c2csc(n2)-c2cc(O)c(-c3nc(C(=O)NC(CN(C)C)C(N)=O)cs3)nc2-c2csc(n2)C2COC(=O)c3c4c5c(cccc5n3O)COC(=O)C(O[C@H]3C[C@](C)(O)[C@H](N(C)C)[C@H](C)O3)C(OC4)C(NC(=O)c3csc1n3)c1nc(cs1)C(=O)N2. The Morgan fingerprint density at radius 3 is 2.21 bits per heavy atom. The van der Waals surface area contributed by atoms with Crippen molar-refractivity contribution in [3.05, 3.63) is 112 Å². The lowest BCUT2D eigenvalue weighted by atomic mass is 9.85. The molecule has 0 radical (unpaired) electrons.